The first-order valence-corrected chi connectivity index (χ1v) is 7.84. The van der Waals surface area contributed by atoms with Crippen molar-refractivity contribution < 1.29 is 19.7 Å². The lowest BCUT2D eigenvalue weighted by Gasteiger charge is -2.17. The molecule has 1 aromatic heterocycles. The van der Waals surface area contributed by atoms with E-state index in [1.807, 2.05) is 13.8 Å². The molecule has 0 aliphatic rings. The Bertz CT molecular complexity index is 507. The molecule has 1 heterocycles. The average molecular weight is 308 g/mol. The van der Waals surface area contributed by atoms with Gasteiger partial charge in [0.25, 0.3) is 0 Å². The Morgan fingerprint density at radius 3 is 2.41 bits per heavy atom. The third-order valence-corrected chi connectivity index (χ3v) is 3.69. The summed E-state index contributed by atoms with van der Waals surface area (Å²) in [4.78, 5) is 0. The maximum absolute atomic E-state index is 10.0. The summed E-state index contributed by atoms with van der Waals surface area (Å²) < 4.78 is 5.30. The van der Waals surface area contributed by atoms with Gasteiger partial charge in [-0.3, -0.25) is 0 Å². The Hall–Kier alpha value is -1.32. The van der Waals surface area contributed by atoms with Crippen LogP contribution in [0, 0.1) is 11.8 Å². The minimum atomic E-state index is -0.753. The highest BCUT2D eigenvalue weighted by molar-refractivity contribution is 5.11. The van der Waals surface area contributed by atoms with Gasteiger partial charge in [0.2, 0.25) is 0 Å². The van der Waals surface area contributed by atoms with Crippen molar-refractivity contribution in [3.05, 3.63) is 41.0 Å². The minimum absolute atomic E-state index is 0.174. The van der Waals surface area contributed by atoms with Crippen molar-refractivity contribution in [2.45, 2.75) is 59.4 Å². The fraction of sp³-hybridized carbons (Fsp3) is 0.611. The normalized spacial score (nSPS) is 14.0. The second kappa shape index (κ2) is 8.96. The number of rotatable bonds is 8. The van der Waals surface area contributed by atoms with Crippen LogP contribution in [0.4, 0.5) is 0 Å². The van der Waals surface area contributed by atoms with E-state index in [0.717, 1.165) is 5.57 Å². The van der Waals surface area contributed by atoms with Gasteiger partial charge >= 0.3 is 0 Å². The van der Waals surface area contributed by atoms with Crippen LogP contribution in [0.2, 0.25) is 0 Å². The molecule has 0 amide bonds. The predicted molar refractivity (Wildman–Crippen MR) is 86.1 cm³/mol. The van der Waals surface area contributed by atoms with E-state index in [1.165, 1.54) is 0 Å². The van der Waals surface area contributed by atoms with E-state index in [0.29, 0.717) is 30.3 Å². The first-order valence-electron chi connectivity index (χ1n) is 7.84. The molecule has 1 aromatic rings. The van der Waals surface area contributed by atoms with Gasteiger partial charge in [-0.15, -0.1) is 5.73 Å². The van der Waals surface area contributed by atoms with E-state index >= 15 is 0 Å². The van der Waals surface area contributed by atoms with Crippen molar-refractivity contribution in [3.63, 3.8) is 0 Å². The van der Waals surface area contributed by atoms with Gasteiger partial charge in [0, 0.05) is 12.8 Å². The van der Waals surface area contributed by atoms with Crippen LogP contribution in [0.25, 0.3) is 0 Å². The van der Waals surface area contributed by atoms with Gasteiger partial charge in [-0.2, -0.15) is 0 Å². The highest BCUT2D eigenvalue weighted by Crippen LogP contribution is 2.21. The molecule has 0 spiro atoms. The van der Waals surface area contributed by atoms with E-state index in [4.69, 9.17) is 9.52 Å². The summed E-state index contributed by atoms with van der Waals surface area (Å²) in [6.07, 6.45) is 1.63. The van der Waals surface area contributed by atoms with E-state index < -0.39 is 6.10 Å². The molecule has 0 aliphatic heterocycles. The zero-order valence-electron chi connectivity index (χ0n) is 13.9. The first kappa shape index (κ1) is 18.7. The van der Waals surface area contributed by atoms with Gasteiger partial charge in [-0.1, -0.05) is 27.7 Å². The van der Waals surface area contributed by atoms with E-state index in [1.54, 1.807) is 18.2 Å². The summed E-state index contributed by atoms with van der Waals surface area (Å²) in [5, 5.41) is 29.0. The molecular weight excluding hydrogens is 280 g/mol. The number of aliphatic hydroxyl groups is 3. The molecule has 4 heteroatoms. The second-order valence-electron chi connectivity index (χ2n) is 6.26. The number of hydrogen-bond acceptors (Lipinski definition) is 4. The van der Waals surface area contributed by atoms with Crippen LogP contribution >= 0.6 is 0 Å². The zero-order valence-corrected chi connectivity index (χ0v) is 13.9. The Labute approximate surface area is 132 Å². The second-order valence-corrected chi connectivity index (χ2v) is 6.26. The van der Waals surface area contributed by atoms with Crippen molar-refractivity contribution >= 4 is 0 Å². The van der Waals surface area contributed by atoms with Gasteiger partial charge < -0.3 is 19.7 Å². The molecule has 22 heavy (non-hydrogen) atoms. The molecule has 2 atom stereocenters. The predicted octanol–water partition coefficient (Wildman–Crippen LogP) is 3.34. The van der Waals surface area contributed by atoms with Gasteiger partial charge in [0.15, 0.2) is 0 Å². The van der Waals surface area contributed by atoms with Crippen LogP contribution in [0.5, 0.6) is 0 Å². The lowest BCUT2D eigenvalue weighted by Crippen LogP contribution is -2.16. The standard InChI is InChI=1S/C18H28O4/c1-12(2)14(10-17(21)13(3)4)6-5-7-16(20)18-9-8-15(11-19)22-18/h5,8-9,12-13,16-17,19-21H,7,10-11H2,1-4H3/t6?,16-,17-/m1/s1. The van der Waals surface area contributed by atoms with E-state index in [2.05, 4.69) is 19.6 Å². The van der Waals surface area contributed by atoms with Crippen LogP contribution < -0.4 is 0 Å². The Morgan fingerprint density at radius 2 is 1.91 bits per heavy atom. The lowest BCUT2D eigenvalue weighted by molar-refractivity contribution is 0.123. The molecule has 3 N–H and O–H groups in total. The van der Waals surface area contributed by atoms with Gasteiger partial charge in [-0.25, -0.2) is 0 Å². The Kier molecular flexibility index (Phi) is 7.63. The van der Waals surface area contributed by atoms with Crippen molar-refractivity contribution in [2.24, 2.45) is 11.8 Å². The largest absolute Gasteiger partial charge is 0.461 e. The first-order chi connectivity index (χ1) is 10.3. The lowest BCUT2D eigenvalue weighted by atomic mass is 9.93. The molecule has 0 radical (unpaired) electrons. The van der Waals surface area contributed by atoms with E-state index in [9.17, 15) is 10.2 Å². The third-order valence-electron chi connectivity index (χ3n) is 3.69. The molecule has 4 nitrogen and oxygen atoms in total. The summed E-state index contributed by atoms with van der Waals surface area (Å²) in [6, 6.07) is 3.32. The monoisotopic (exact) mass is 308 g/mol. The van der Waals surface area contributed by atoms with Crippen molar-refractivity contribution in [1.29, 1.82) is 0 Å². The fourth-order valence-electron chi connectivity index (χ4n) is 2.00. The summed E-state index contributed by atoms with van der Waals surface area (Å²) in [7, 11) is 0. The van der Waals surface area contributed by atoms with Crippen molar-refractivity contribution in [3.8, 4) is 0 Å². The molecule has 0 saturated carbocycles. The van der Waals surface area contributed by atoms with Crippen LogP contribution in [0.15, 0.2) is 33.9 Å². The molecule has 0 aliphatic carbocycles. The third kappa shape index (κ3) is 5.82. The topological polar surface area (TPSA) is 73.8 Å². The fourth-order valence-corrected chi connectivity index (χ4v) is 2.00. The Balaban J connectivity index is 2.72. The number of hydrogen-bond donors (Lipinski definition) is 3. The SMILES string of the molecule is CC(C)C(=C=CC[C@@H](O)c1ccc(CO)o1)C[C@@H](O)C(C)C. The molecular formula is C18H28O4. The highest BCUT2D eigenvalue weighted by atomic mass is 16.4. The maximum Gasteiger partial charge on any atom is 0.133 e. The molecule has 0 fully saturated rings. The summed E-state index contributed by atoms with van der Waals surface area (Å²) in [6.45, 7) is 7.95. The quantitative estimate of drug-likeness (QED) is 0.644. The van der Waals surface area contributed by atoms with Crippen LogP contribution in [0.1, 0.15) is 58.2 Å². The molecule has 1 rings (SSSR count). The summed E-state index contributed by atoms with van der Waals surface area (Å²) >= 11 is 0. The van der Waals surface area contributed by atoms with E-state index in [-0.39, 0.29) is 18.6 Å². The number of furan rings is 1. The van der Waals surface area contributed by atoms with Crippen molar-refractivity contribution in [2.75, 3.05) is 0 Å². The average Bonchev–Trinajstić information content (AvgIpc) is 2.94. The maximum atomic E-state index is 10.0. The molecule has 0 saturated heterocycles. The van der Waals surface area contributed by atoms with Crippen LogP contribution in [0.3, 0.4) is 0 Å². The molecule has 0 unspecified atom stereocenters. The van der Waals surface area contributed by atoms with Gasteiger partial charge in [0.1, 0.15) is 24.2 Å². The van der Waals surface area contributed by atoms with Gasteiger partial charge in [-0.05, 0) is 35.6 Å². The smallest absolute Gasteiger partial charge is 0.133 e. The summed E-state index contributed by atoms with van der Waals surface area (Å²) in [5.74, 6) is 1.39. The highest BCUT2D eigenvalue weighted by Gasteiger charge is 2.14. The molecule has 124 valence electrons. The van der Waals surface area contributed by atoms with Crippen molar-refractivity contribution in [1.82, 2.24) is 0 Å². The zero-order chi connectivity index (χ0) is 16.7. The molecule has 0 bridgehead atoms. The Morgan fingerprint density at radius 1 is 1.23 bits per heavy atom. The van der Waals surface area contributed by atoms with Crippen LogP contribution in [-0.2, 0) is 6.61 Å². The van der Waals surface area contributed by atoms with Crippen LogP contribution in [-0.4, -0.2) is 21.4 Å². The van der Waals surface area contributed by atoms with Gasteiger partial charge in [0.05, 0.1) is 6.10 Å². The molecule has 0 aromatic carbocycles. The minimum Gasteiger partial charge on any atom is -0.461 e. The summed E-state index contributed by atoms with van der Waals surface area (Å²) in [5.41, 5.74) is 4.25. The number of aliphatic hydroxyl groups excluding tert-OH is 3.